The molecule has 0 saturated heterocycles. The summed E-state index contributed by atoms with van der Waals surface area (Å²) in [5.74, 6) is 0. The highest BCUT2D eigenvalue weighted by Gasteiger charge is 2.17. The molecule has 0 atom stereocenters. The van der Waals surface area contributed by atoms with Crippen LogP contribution in [0.5, 0.6) is 0 Å². The van der Waals surface area contributed by atoms with Gasteiger partial charge in [0.25, 0.3) is 5.56 Å². The lowest BCUT2D eigenvalue weighted by molar-refractivity contribution is 0.563. The van der Waals surface area contributed by atoms with Crippen LogP contribution >= 0.6 is 11.3 Å². The van der Waals surface area contributed by atoms with Gasteiger partial charge in [0.2, 0.25) is 5.13 Å². The first kappa shape index (κ1) is 12.8. The van der Waals surface area contributed by atoms with Gasteiger partial charge in [0.1, 0.15) is 0 Å². The third-order valence-corrected chi connectivity index (χ3v) is 3.57. The number of nitrogen functional groups attached to an aromatic ring is 1. The first-order chi connectivity index (χ1) is 8.41. The fourth-order valence-electron chi connectivity index (χ4n) is 2.14. The minimum absolute atomic E-state index is 0.0290. The molecule has 0 aliphatic carbocycles. The largest absolute Gasteiger partial charge is 0.374 e. The third-order valence-electron chi connectivity index (χ3n) is 2.80. The Balaban J connectivity index is 2.76. The van der Waals surface area contributed by atoms with Crippen molar-refractivity contribution in [1.82, 2.24) is 14.8 Å². The molecule has 2 N–H and O–H groups in total. The lowest BCUT2D eigenvalue weighted by Gasteiger charge is -2.16. The summed E-state index contributed by atoms with van der Waals surface area (Å²) in [6.07, 6.45) is 0. The van der Waals surface area contributed by atoms with Crippen molar-refractivity contribution in [1.29, 1.82) is 0 Å². The monoisotopic (exact) mass is 264 g/mol. The number of pyridine rings is 1. The Hall–Kier alpha value is -1.69. The van der Waals surface area contributed by atoms with Gasteiger partial charge in [-0.1, -0.05) is 11.3 Å². The first-order valence-electron chi connectivity index (χ1n) is 5.74. The molecule has 0 saturated carbocycles. The zero-order valence-electron chi connectivity index (χ0n) is 10.9. The van der Waals surface area contributed by atoms with Gasteiger partial charge in [0.05, 0.1) is 5.56 Å². The molecular formula is C12H16N4OS. The lowest BCUT2D eigenvalue weighted by Crippen LogP contribution is -2.26. The summed E-state index contributed by atoms with van der Waals surface area (Å²) in [5, 5.41) is 8.70. The van der Waals surface area contributed by atoms with E-state index in [4.69, 9.17) is 5.73 Å². The van der Waals surface area contributed by atoms with Crippen molar-refractivity contribution in [2.75, 3.05) is 5.73 Å². The molecule has 0 aliphatic heterocycles. The van der Waals surface area contributed by atoms with Gasteiger partial charge >= 0.3 is 0 Å². The van der Waals surface area contributed by atoms with E-state index in [1.165, 1.54) is 11.3 Å². The molecule has 0 fully saturated rings. The molecule has 0 unspecified atom stereocenters. The van der Waals surface area contributed by atoms with Crippen molar-refractivity contribution < 1.29 is 0 Å². The smallest absolute Gasteiger partial charge is 0.261 e. The second kappa shape index (κ2) is 4.53. The highest BCUT2D eigenvalue weighted by atomic mass is 32.1. The van der Waals surface area contributed by atoms with E-state index in [-0.39, 0.29) is 11.6 Å². The molecule has 2 aromatic heterocycles. The van der Waals surface area contributed by atoms with Gasteiger partial charge in [-0.3, -0.25) is 4.79 Å². The average Bonchev–Trinajstić information content (AvgIpc) is 2.63. The van der Waals surface area contributed by atoms with Crippen LogP contribution in [0.15, 0.2) is 10.9 Å². The Bertz CT molecular complexity index is 642. The molecule has 5 nitrogen and oxygen atoms in total. The second-order valence-electron chi connectivity index (χ2n) is 4.56. The number of rotatable bonds is 2. The zero-order valence-corrected chi connectivity index (χ0v) is 11.7. The van der Waals surface area contributed by atoms with Gasteiger partial charge in [0.15, 0.2) is 5.01 Å². The van der Waals surface area contributed by atoms with E-state index >= 15 is 0 Å². The Morgan fingerprint density at radius 3 is 2.50 bits per heavy atom. The summed E-state index contributed by atoms with van der Waals surface area (Å²) >= 11 is 1.24. The molecule has 18 heavy (non-hydrogen) atoms. The maximum absolute atomic E-state index is 12.5. The Labute approximate surface area is 109 Å². The minimum atomic E-state index is -0.0290. The quantitative estimate of drug-likeness (QED) is 0.902. The molecule has 0 spiro atoms. The van der Waals surface area contributed by atoms with Gasteiger partial charge in [-0.15, -0.1) is 10.2 Å². The lowest BCUT2D eigenvalue weighted by atomic mass is 10.1. The Kier molecular flexibility index (Phi) is 3.21. The second-order valence-corrected chi connectivity index (χ2v) is 5.57. The average molecular weight is 264 g/mol. The molecule has 0 aromatic carbocycles. The van der Waals surface area contributed by atoms with E-state index in [2.05, 4.69) is 10.2 Å². The number of anilines is 1. The van der Waals surface area contributed by atoms with Crippen molar-refractivity contribution in [2.45, 2.75) is 33.7 Å². The van der Waals surface area contributed by atoms with Crippen LogP contribution in [0.2, 0.25) is 0 Å². The summed E-state index contributed by atoms with van der Waals surface area (Å²) in [4.78, 5) is 12.5. The highest BCUT2D eigenvalue weighted by molar-refractivity contribution is 7.18. The number of nitrogens with zero attached hydrogens (tertiary/aromatic N) is 3. The topological polar surface area (TPSA) is 73.8 Å². The fraction of sp³-hybridized carbons (Fsp3) is 0.417. The van der Waals surface area contributed by atoms with Crippen LogP contribution in [0, 0.1) is 13.8 Å². The summed E-state index contributed by atoms with van der Waals surface area (Å²) in [5.41, 5.74) is 8.01. The molecule has 96 valence electrons. The summed E-state index contributed by atoms with van der Waals surface area (Å²) in [6, 6.07) is 2.11. The SMILES string of the molecule is Cc1cc(C)n(C(C)C)c(=O)c1-c1nnc(N)s1. The maximum Gasteiger partial charge on any atom is 0.261 e. The van der Waals surface area contributed by atoms with Crippen molar-refractivity contribution in [2.24, 2.45) is 0 Å². The van der Waals surface area contributed by atoms with E-state index in [1.807, 2.05) is 33.8 Å². The normalized spacial score (nSPS) is 11.2. The van der Waals surface area contributed by atoms with Crippen LogP contribution in [-0.2, 0) is 0 Å². The fourth-order valence-corrected chi connectivity index (χ4v) is 2.85. The first-order valence-corrected chi connectivity index (χ1v) is 6.55. The van der Waals surface area contributed by atoms with Crippen molar-refractivity contribution >= 4 is 16.5 Å². The van der Waals surface area contributed by atoms with Gasteiger partial charge in [-0.2, -0.15) is 0 Å². The molecule has 2 aromatic rings. The van der Waals surface area contributed by atoms with Crippen molar-refractivity contribution in [3.8, 4) is 10.6 Å². The van der Waals surface area contributed by atoms with Gasteiger partial charge in [-0.25, -0.2) is 0 Å². The third kappa shape index (κ3) is 2.03. The van der Waals surface area contributed by atoms with E-state index < -0.39 is 0 Å². The molecular weight excluding hydrogens is 248 g/mol. The predicted molar refractivity (Wildman–Crippen MR) is 73.9 cm³/mol. The molecule has 0 radical (unpaired) electrons. The maximum atomic E-state index is 12.5. The van der Waals surface area contributed by atoms with Gasteiger partial charge in [0, 0.05) is 11.7 Å². The standard InChI is InChI=1S/C12H16N4OS/c1-6(2)16-8(4)5-7(3)9(11(16)17)10-14-15-12(13)18-10/h5-6H,1-4H3,(H2,13,15). The van der Waals surface area contributed by atoms with Crippen LogP contribution in [-0.4, -0.2) is 14.8 Å². The number of nitrogens with two attached hydrogens (primary N) is 1. The van der Waals surface area contributed by atoms with Crippen LogP contribution in [0.25, 0.3) is 10.6 Å². The molecule has 0 amide bonds. The minimum Gasteiger partial charge on any atom is -0.374 e. The zero-order chi connectivity index (χ0) is 13.4. The highest BCUT2D eigenvalue weighted by Crippen LogP contribution is 2.25. The van der Waals surface area contributed by atoms with Crippen LogP contribution in [0.1, 0.15) is 31.1 Å². The number of aryl methyl sites for hydroxylation is 2. The van der Waals surface area contributed by atoms with E-state index in [0.717, 1.165) is 11.3 Å². The molecule has 0 bridgehead atoms. The summed E-state index contributed by atoms with van der Waals surface area (Å²) in [6.45, 7) is 7.82. The summed E-state index contributed by atoms with van der Waals surface area (Å²) < 4.78 is 1.76. The number of hydrogen-bond donors (Lipinski definition) is 1. The Morgan fingerprint density at radius 1 is 1.33 bits per heavy atom. The summed E-state index contributed by atoms with van der Waals surface area (Å²) in [7, 11) is 0. The molecule has 2 heterocycles. The van der Waals surface area contributed by atoms with Crippen molar-refractivity contribution in [3.05, 3.63) is 27.7 Å². The van der Waals surface area contributed by atoms with Crippen LogP contribution < -0.4 is 11.3 Å². The van der Waals surface area contributed by atoms with Gasteiger partial charge in [-0.05, 0) is 39.3 Å². The Morgan fingerprint density at radius 2 is 2.00 bits per heavy atom. The molecule has 6 heteroatoms. The number of aromatic nitrogens is 3. The number of hydrogen-bond acceptors (Lipinski definition) is 5. The van der Waals surface area contributed by atoms with Crippen LogP contribution in [0.4, 0.5) is 5.13 Å². The predicted octanol–water partition coefficient (Wildman–Crippen LogP) is 2.15. The van der Waals surface area contributed by atoms with Crippen LogP contribution in [0.3, 0.4) is 0 Å². The molecule has 0 aliphatic rings. The van der Waals surface area contributed by atoms with E-state index in [0.29, 0.717) is 15.7 Å². The van der Waals surface area contributed by atoms with E-state index in [9.17, 15) is 4.79 Å². The molecule has 2 rings (SSSR count). The van der Waals surface area contributed by atoms with Gasteiger partial charge < -0.3 is 10.3 Å². The van der Waals surface area contributed by atoms with E-state index in [1.54, 1.807) is 4.57 Å². The van der Waals surface area contributed by atoms with Crippen molar-refractivity contribution in [3.63, 3.8) is 0 Å².